The minimum absolute atomic E-state index is 0.0257. The molecular formula is C13H7BrClNO5. The van der Waals surface area contributed by atoms with E-state index in [0.717, 1.165) is 0 Å². The summed E-state index contributed by atoms with van der Waals surface area (Å²) in [4.78, 5) is 21.5. The normalized spacial score (nSPS) is 10.2. The maximum atomic E-state index is 11.2. The van der Waals surface area contributed by atoms with Crippen LogP contribution in [-0.2, 0) is 0 Å². The molecule has 0 spiro atoms. The van der Waals surface area contributed by atoms with E-state index in [-0.39, 0.29) is 22.1 Å². The lowest BCUT2D eigenvalue weighted by Gasteiger charge is -2.10. The number of aromatic carboxylic acids is 1. The molecule has 2 aromatic carbocycles. The van der Waals surface area contributed by atoms with E-state index in [0.29, 0.717) is 4.47 Å². The summed E-state index contributed by atoms with van der Waals surface area (Å²) in [6.07, 6.45) is 0. The molecule has 2 rings (SSSR count). The van der Waals surface area contributed by atoms with E-state index in [1.807, 2.05) is 0 Å². The number of carbonyl (C=O) groups is 1. The third kappa shape index (κ3) is 3.32. The van der Waals surface area contributed by atoms with Gasteiger partial charge in [-0.15, -0.1) is 0 Å². The first kappa shape index (κ1) is 15.3. The lowest BCUT2D eigenvalue weighted by molar-refractivity contribution is -0.385. The monoisotopic (exact) mass is 371 g/mol. The fraction of sp³-hybridized carbons (Fsp3) is 0. The smallest absolute Gasteiger partial charge is 0.339 e. The number of halogens is 2. The van der Waals surface area contributed by atoms with E-state index in [1.165, 1.54) is 36.4 Å². The highest BCUT2D eigenvalue weighted by Gasteiger charge is 2.22. The van der Waals surface area contributed by atoms with Crippen LogP contribution in [-0.4, -0.2) is 16.0 Å². The second-order valence-corrected chi connectivity index (χ2v) is 5.21. The molecule has 0 amide bonds. The third-order valence-corrected chi connectivity index (χ3v) is 3.32. The van der Waals surface area contributed by atoms with Gasteiger partial charge in [0.2, 0.25) is 5.75 Å². The predicted octanol–water partition coefficient (Wildman–Crippen LogP) is 4.50. The molecule has 21 heavy (non-hydrogen) atoms. The molecule has 6 nitrogen and oxygen atoms in total. The van der Waals surface area contributed by atoms with Gasteiger partial charge < -0.3 is 9.84 Å². The fourth-order valence-corrected chi connectivity index (χ4v) is 2.21. The lowest BCUT2D eigenvalue weighted by Crippen LogP contribution is -2.01. The zero-order valence-corrected chi connectivity index (χ0v) is 12.6. The van der Waals surface area contributed by atoms with Crippen molar-refractivity contribution >= 4 is 39.2 Å². The van der Waals surface area contributed by atoms with Gasteiger partial charge in [-0.3, -0.25) is 10.1 Å². The SMILES string of the molecule is O=C(O)c1ccc(Br)cc1Oc1cccc(Cl)c1[N+](=O)[O-]. The second kappa shape index (κ2) is 6.11. The molecule has 108 valence electrons. The maximum Gasteiger partial charge on any atom is 0.339 e. The molecular weight excluding hydrogens is 366 g/mol. The number of nitro groups is 1. The first-order chi connectivity index (χ1) is 9.90. The summed E-state index contributed by atoms with van der Waals surface area (Å²) in [5.74, 6) is -1.36. The fourth-order valence-electron chi connectivity index (χ4n) is 1.63. The minimum Gasteiger partial charge on any atom is -0.478 e. The third-order valence-electron chi connectivity index (χ3n) is 2.53. The Labute approximate surface area is 132 Å². The van der Waals surface area contributed by atoms with E-state index >= 15 is 0 Å². The highest BCUT2D eigenvalue weighted by molar-refractivity contribution is 9.10. The molecule has 0 unspecified atom stereocenters. The van der Waals surface area contributed by atoms with Crippen molar-refractivity contribution in [2.24, 2.45) is 0 Å². The number of nitro benzene ring substituents is 1. The Morgan fingerprint density at radius 2 is 2.00 bits per heavy atom. The molecule has 0 aromatic heterocycles. The van der Waals surface area contributed by atoms with E-state index in [2.05, 4.69) is 15.9 Å². The summed E-state index contributed by atoms with van der Waals surface area (Å²) < 4.78 is 5.96. The number of ether oxygens (including phenoxy) is 1. The number of carboxylic acids is 1. The Hall–Kier alpha value is -2.12. The van der Waals surface area contributed by atoms with Gasteiger partial charge in [0.15, 0.2) is 0 Å². The van der Waals surface area contributed by atoms with Crippen LogP contribution in [0.2, 0.25) is 5.02 Å². The van der Waals surface area contributed by atoms with E-state index < -0.39 is 16.6 Å². The van der Waals surface area contributed by atoms with Gasteiger partial charge in [0, 0.05) is 4.47 Å². The summed E-state index contributed by atoms with van der Waals surface area (Å²) in [7, 11) is 0. The van der Waals surface area contributed by atoms with Crippen LogP contribution in [0.5, 0.6) is 11.5 Å². The molecule has 0 radical (unpaired) electrons. The molecule has 0 saturated heterocycles. The maximum absolute atomic E-state index is 11.2. The summed E-state index contributed by atoms with van der Waals surface area (Å²) in [5.41, 5.74) is -0.539. The molecule has 8 heteroatoms. The van der Waals surface area contributed by atoms with E-state index in [4.69, 9.17) is 21.4 Å². The van der Waals surface area contributed by atoms with Crippen molar-refractivity contribution in [3.8, 4) is 11.5 Å². The van der Waals surface area contributed by atoms with Gasteiger partial charge in [0.25, 0.3) is 0 Å². The predicted molar refractivity (Wildman–Crippen MR) is 79.3 cm³/mol. The van der Waals surface area contributed by atoms with Gasteiger partial charge in [-0.1, -0.05) is 33.6 Å². The largest absolute Gasteiger partial charge is 0.478 e. The zero-order chi connectivity index (χ0) is 15.6. The van der Waals surface area contributed by atoms with E-state index in [9.17, 15) is 14.9 Å². The molecule has 0 fully saturated rings. The van der Waals surface area contributed by atoms with Crippen LogP contribution < -0.4 is 4.74 Å². The van der Waals surface area contributed by atoms with Crippen LogP contribution in [0, 0.1) is 10.1 Å². The van der Waals surface area contributed by atoms with Crippen molar-refractivity contribution in [2.45, 2.75) is 0 Å². The van der Waals surface area contributed by atoms with Crippen LogP contribution in [0.25, 0.3) is 0 Å². The first-order valence-corrected chi connectivity index (χ1v) is 6.71. The molecule has 1 N–H and O–H groups in total. The number of nitrogens with zero attached hydrogens (tertiary/aromatic N) is 1. The average Bonchev–Trinajstić information content (AvgIpc) is 2.37. The van der Waals surface area contributed by atoms with Gasteiger partial charge >= 0.3 is 11.7 Å². The summed E-state index contributed by atoms with van der Waals surface area (Å²) in [5, 5.41) is 20.1. The summed E-state index contributed by atoms with van der Waals surface area (Å²) >= 11 is 8.96. The minimum atomic E-state index is -1.21. The van der Waals surface area contributed by atoms with E-state index in [1.54, 1.807) is 0 Å². The van der Waals surface area contributed by atoms with Crippen molar-refractivity contribution < 1.29 is 19.6 Å². The Bertz CT molecular complexity index is 734. The summed E-state index contributed by atoms with van der Waals surface area (Å²) in [6.45, 7) is 0. The van der Waals surface area contributed by atoms with Gasteiger partial charge in [0.1, 0.15) is 16.3 Å². The molecule has 0 aliphatic carbocycles. The number of carboxylic acid groups (broad SMARTS) is 1. The molecule has 0 atom stereocenters. The number of benzene rings is 2. The topological polar surface area (TPSA) is 89.7 Å². The average molecular weight is 373 g/mol. The Balaban J connectivity index is 2.53. The molecule has 2 aromatic rings. The van der Waals surface area contributed by atoms with Crippen molar-refractivity contribution in [2.75, 3.05) is 0 Å². The highest BCUT2D eigenvalue weighted by atomic mass is 79.9. The number of rotatable bonds is 4. The van der Waals surface area contributed by atoms with Gasteiger partial charge in [-0.05, 0) is 30.3 Å². The number of para-hydroxylation sites is 1. The quantitative estimate of drug-likeness (QED) is 0.630. The van der Waals surface area contributed by atoms with Gasteiger partial charge in [0.05, 0.1) is 4.92 Å². The lowest BCUT2D eigenvalue weighted by atomic mass is 10.2. The molecule has 0 saturated carbocycles. The molecule has 0 heterocycles. The molecule has 0 aliphatic heterocycles. The standard InChI is InChI=1S/C13H7BrClNO5/c14-7-4-5-8(13(17)18)11(6-7)21-10-3-1-2-9(15)12(10)16(19)20/h1-6H,(H,17,18). The van der Waals surface area contributed by atoms with Crippen LogP contribution in [0.3, 0.4) is 0 Å². The van der Waals surface area contributed by atoms with Crippen molar-refractivity contribution in [1.82, 2.24) is 0 Å². The summed E-state index contributed by atoms with van der Waals surface area (Å²) in [6, 6.07) is 8.44. The van der Waals surface area contributed by atoms with Crippen molar-refractivity contribution in [3.05, 3.63) is 61.6 Å². The zero-order valence-electron chi connectivity index (χ0n) is 10.2. The van der Waals surface area contributed by atoms with Gasteiger partial charge in [-0.25, -0.2) is 4.79 Å². The van der Waals surface area contributed by atoms with Crippen LogP contribution >= 0.6 is 27.5 Å². The number of hydrogen-bond acceptors (Lipinski definition) is 4. The van der Waals surface area contributed by atoms with Crippen LogP contribution in [0.4, 0.5) is 5.69 Å². The molecule has 0 bridgehead atoms. The van der Waals surface area contributed by atoms with Crippen LogP contribution in [0.1, 0.15) is 10.4 Å². The number of hydrogen-bond donors (Lipinski definition) is 1. The Morgan fingerprint density at radius 1 is 1.29 bits per heavy atom. The second-order valence-electron chi connectivity index (χ2n) is 3.89. The van der Waals surface area contributed by atoms with Crippen LogP contribution in [0.15, 0.2) is 40.9 Å². The van der Waals surface area contributed by atoms with Crippen molar-refractivity contribution in [1.29, 1.82) is 0 Å². The highest BCUT2D eigenvalue weighted by Crippen LogP contribution is 2.38. The molecule has 0 aliphatic rings. The first-order valence-electron chi connectivity index (χ1n) is 5.53. The Morgan fingerprint density at radius 3 is 2.62 bits per heavy atom. The van der Waals surface area contributed by atoms with Gasteiger partial charge in [-0.2, -0.15) is 0 Å². The Kier molecular flexibility index (Phi) is 4.44. The van der Waals surface area contributed by atoms with Crippen molar-refractivity contribution in [3.63, 3.8) is 0 Å².